The van der Waals surface area contributed by atoms with Gasteiger partial charge in [-0.2, -0.15) is 0 Å². The fourth-order valence-corrected chi connectivity index (χ4v) is 6.29. The molecule has 3 fully saturated rings. The van der Waals surface area contributed by atoms with Crippen molar-refractivity contribution in [3.8, 4) is 0 Å². The Labute approximate surface area is 150 Å². The van der Waals surface area contributed by atoms with E-state index in [-0.39, 0.29) is 0 Å². The number of hydrogen-bond acceptors (Lipinski definition) is 5. The highest BCUT2D eigenvalue weighted by Gasteiger charge is 2.40. The summed E-state index contributed by atoms with van der Waals surface area (Å²) in [5, 5.41) is 1.80. The third-order valence-electron chi connectivity index (χ3n) is 5.67. The standard InChI is InChI=1S/C17H29N3O2S2/c1-3-19(4-2)12-15-13-20-8-7-14(15)10-16(20)11-18-24(21,22)17-6-5-9-23-17/h5-6,9,14-16,18H,3-4,7-8,10-13H2,1-2H3/t14-,15+,16+/m0/s1. The van der Waals surface area contributed by atoms with E-state index in [1.165, 1.54) is 24.3 Å². The van der Waals surface area contributed by atoms with Gasteiger partial charge in [-0.1, -0.05) is 19.9 Å². The molecule has 1 aromatic heterocycles. The number of rotatable bonds is 8. The third kappa shape index (κ3) is 4.02. The molecule has 3 aliphatic rings. The van der Waals surface area contributed by atoms with Gasteiger partial charge in [0.2, 0.25) is 10.0 Å². The molecule has 2 bridgehead atoms. The van der Waals surface area contributed by atoms with Gasteiger partial charge in [0.25, 0.3) is 0 Å². The van der Waals surface area contributed by atoms with E-state index in [9.17, 15) is 8.42 Å². The van der Waals surface area contributed by atoms with Crippen LogP contribution in [-0.2, 0) is 10.0 Å². The van der Waals surface area contributed by atoms with E-state index in [1.54, 1.807) is 17.5 Å². The number of hydrogen-bond donors (Lipinski definition) is 1. The van der Waals surface area contributed by atoms with Crippen LogP contribution in [0.4, 0.5) is 0 Å². The second kappa shape index (κ2) is 7.83. The van der Waals surface area contributed by atoms with E-state index in [0.717, 1.165) is 44.4 Å². The van der Waals surface area contributed by atoms with Crippen molar-refractivity contribution in [2.45, 2.75) is 36.9 Å². The lowest BCUT2D eigenvalue weighted by atomic mass is 9.75. The maximum atomic E-state index is 12.3. The largest absolute Gasteiger partial charge is 0.304 e. The van der Waals surface area contributed by atoms with Crippen LogP contribution < -0.4 is 4.72 Å². The minimum absolute atomic E-state index is 0.353. The predicted molar refractivity (Wildman–Crippen MR) is 98.9 cm³/mol. The van der Waals surface area contributed by atoms with E-state index >= 15 is 0 Å². The van der Waals surface area contributed by atoms with Crippen LogP contribution in [0.2, 0.25) is 0 Å². The zero-order chi connectivity index (χ0) is 17.2. The number of thiophene rings is 1. The van der Waals surface area contributed by atoms with Gasteiger partial charge in [-0.3, -0.25) is 4.90 Å². The fraction of sp³-hybridized carbons (Fsp3) is 0.765. The van der Waals surface area contributed by atoms with Crippen molar-refractivity contribution in [2.24, 2.45) is 11.8 Å². The Bertz CT molecular complexity index is 614. The van der Waals surface area contributed by atoms with Gasteiger partial charge < -0.3 is 4.90 Å². The lowest BCUT2D eigenvalue weighted by Gasteiger charge is -2.50. The van der Waals surface area contributed by atoms with Gasteiger partial charge in [-0.15, -0.1) is 11.3 Å². The molecule has 136 valence electrons. The Kier molecular flexibility index (Phi) is 5.98. The Morgan fingerprint density at radius 1 is 1.38 bits per heavy atom. The highest BCUT2D eigenvalue weighted by molar-refractivity contribution is 7.91. The van der Waals surface area contributed by atoms with Gasteiger partial charge in [0.1, 0.15) is 4.21 Å². The molecule has 0 spiro atoms. The molecule has 3 saturated heterocycles. The molecule has 4 rings (SSSR count). The summed E-state index contributed by atoms with van der Waals surface area (Å²) in [5.74, 6) is 1.48. The first kappa shape index (κ1) is 18.3. The van der Waals surface area contributed by atoms with Crippen molar-refractivity contribution < 1.29 is 8.42 Å². The number of piperidine rings is 3. The lowest BCUT2D eigenvalue weighted by Crippen LogP contribution is -2.58. The highest BCUT2D eigenvalue weighted by Crippen LogP contribution is 2.36. The quantitative estimate of drug-likeness (QED) is 0.760. The number of nitrogens with zero attached hydrogens (tertiary/aromatic N) is 2. The van der Waals surface area contributed by atoms with E-state index in [4.69, 9.17) is 0 Å². The molecule has 24 heavy (non-hydrogen) atoms. The average molecular weight is 372 g/mol. The molecule has 1 unspecified atom stereocenters. The van der Waals surface area contributed by atoms with Crippen LogP contribution >= 0.6 is 11.3 Å². The lowest BCUT2D eigenvalue weighted by molar-refractivity contribution is -0.00911. The van der Waals surface area contributed by atoms with Crippen LogP contribution in [0.1, 0.15) is 26.7 Å². The van der Waals surface area contributed by atoms with Crippen LogP contribution in [0.15, 0.2) is 21.7 Å². The van der Waals surface area contributed by atoms with Crippen LogP contribution in [0.5, 0.6) is 0 Å². The minimum Gasteiger partial charge on any atom is -0.304 e. The second-order valence-corrected chi connectivity index (χ2v) is 9.90. The molecule has 7 heteroatoms. The van der Waals surface area contributed by atoms with Crippen molar-refractivity contribution in [2.75, 3.05) is 39.3 Å². The number of sulfonamides is 1. The summed E-state index contributed by atoms with van der Waals surface area (Å²) in [7, 11) is -3.34. The molecule has 0 aliphatic carbocycles. The van der Waals surface area contributed by atoms with Gasteiger partial charge in [0.05, 0.1) is 0 Å². The first-order valence-electron chi connectivity index (χ1n) is 9.03. The van der Waals surface area contributed by atoms with Crippen LogP contribution in [0.3, 0.4) is 0 Å². The molecule has 1 aromatic rings. The highest BCUT2D eigenvalue weighted by atomic mass is 32.2. The summed E-state index contributed by atoms with van der Waals surface area (Å²) in [4.78, 5) is 5.02. The van der Waals surface area contributed by atoms with Crippen molar-refractivity contribution in [3.05, 3.63) is 17.5 Å². The molecule has 0 saturated carbocycles. The topological polar surface area (TPSA) is 52.6 Å². The zero-order valence-electron chi connectivity index (χ0n) is 14.6. The maximum absolute atomic E-state index is 12.3. The Morgan fingerprint density at radius 3 is 2.75 bits per heavy atom. The molecule has 0 radical (unpaired) electrons. The van der Waals surface area contributed by atoms with Crippen molar-refractivity contribution in [1.29, 1.82) is 0 Å². The van der Waals surface area contributed by atoms with Gasteiger partial charge in [-0.05, 0) is 55.8 Å². The van der Waals surface area contributed by atoms with Gasteiger partial charge >= 0.3 is 0 Å². The first-order chi connectivity index (χ1) is 11.5. The summed E-state index contributed by atoms with van der Waals surface area (Å²) in [6.45, 7) is 10.6. The monoisotopic (exact) mass is 371 g/mol. The van der Waals surface area contributed by atoms with Crippen LogP contribution in [0.25, 0.3) is 0 Å². The minimum atomic E-state index is -3.34. The zero-order valence-corrected chi connectivity index (χ0v) is 16.3. The normalized spacial score (nSPS) is 30.1. The summed E-state index contributed by atoms with van der Waals surface area (Å²) >= 11 is 1.27. The van der Waals surface area contributed by atoms with Crippen LogP contribution in [0, 0.1) is 11.8 Å². The molecule has 5 nitrogen and oxygen atoms in total. The summed E-state index contributed by atoms with van der Waals surface area (Å²) < 4.78 is 27.8. The number of fused-ring (bicyclic) bond motifs is 3. The predicted octanol–water partition coefficient (Wildman–Crippen LogP) is 2.08. The Hall–Kier alpha value is -0.470. The molecule has 3 aliphatic heterocycles. The Balaban J connectivity index is 1.55. The van der Waals surface area contributed by atoms with Crippen LogP contribution in [-0.4, -0.2) is 63.5 Å². The molecule has 4 atom stereocenters. The molecular formula is C17H29N3O2S2. The van der Waals surface area contributed by atoms with Crippen molar-refractivity contribution >= 4 is 21.4 Å². The first-order valence-corrected chi connectivity index (χ1v) is 11.4. The van der Waals surface area contributed by atoms with E-state index in [2.05, 4.69) is 28.4 Å². The molecule has 0 aromatic carbocycles. The Morgan fingerprint density at radius 2 is 2.17 bits per heavy atom. The summed E-state index contributed by atoms with van der Waals surface area (Å²) in [6.07, 6.45) is 2.39. The smallest absolute Gasteiger partial charge is 0.250 e. The summed E-state index contributed by atoms with van der Waals surface area (Å²) in [6, 6.07) is 3.80. The van der Waals surface area contributed by atoms with E-state index < -0.39 is 10.0 Å². The SMILES string of the molecule is CCN(CC)C[C@@H]1CN2CC[C@H]1C[C@@H]2CNS(=O)(=O)c1cccs1. The summed E-state index contributed by atoms with van der Waals surface area (Å²) in [5.41, 5.74) is 0. The molecule has 1 N–H and O–H groups in total. The van der Waals surface area contributed by atoms with E-state index in [1.807, 2.05) is 0 Å². The molecule has 0 amide bonds. The maximum Gasteiger partial charge on any atom is 0.250 e. The van der Waals surface area contributed by atoms with Gasteiger partial charge in [0.15, 0.2) is 0 Å². The molecule has 4 heterocycles. The fourth-order valence-electron chi connectivity index (χ4n) is 4.18. The van der Waals surface area contributed by atoms with E-state index in [0.29, 0.717) is 16.8 Å². The van der Waals surface area contributed by atoms with Gasteiger partial charge in [-0.25, -0.2) is 13.1 Å². The van der Waals surface area contributed by atoms with Gasteiger partial charge in [0, 0.05) is 25.7 Å². The second-order valence-electron chi connectivity index (χ2n) is 6.96. The third-order valence-corrected chi connectivity index (χ3v) is 8.49. The molecular weight excluding hydrogens is 342 g/mol. The van der Waals surface area contributed by atoms with Crippen molar-refractivity contribution in [3.63, 3.8) is 0 Å². The number of nitrogens with one attached hydrogen (secondary N) is 1. The van der Waals surface area contributed by atoms with Crippen molar-refractivity contribution in [1.82, 2.24) is 14.5 Å². The average Bonchev–Trinajstić information content (AvgIpc) is 3.14.